The fraction of sp³-hybridized carbons (Fsp3) is 0.125. The van der Waals surface area contributed by atoms with Gasteiger partial charge in [-0.05, 0) is 52.9 Å². The van der Waals surface area contributed by atoms with Crippen molar-refractivity contribution in [2.24, 2.45) is 4.99 Å². The van der Waals surface area contributed by atoms with Crippen LogP contribution in [0.3, 0.4) is 0 Å². The molecule has 0 unspecified atom stereocenters. The number of anilines is 1. The van der Waals surface area contributed by atoms with Crippen LogP contribution >= 0.6 is 22.6 Å². The summed E-state index contributed by atoms with van der Waals surface area (Å²) in [6, 6.07) is 14.1. The van der Waals surface area contributed by atoms with Gasteiger partial charge < -0.3 is 5.32 Å². The monoisotopic (exact) mass is 455 g/mol. The van der Waals surface area contributed by atoms with Gasteiger partial charge in [0, 0.05) is 21.2 Å². The van der Waals surface area contributed by atoms with Crippen molar-refractivity contribution in [1.82, 2.24) is 4.72 Å². The molecule has 1 heterocycles. The normalized spacial score (nSPS) is 16.5. The number of rotatable bonds is 4. The zero-order valence-corrected chi connectivity index (χ0v) is 15.5. The van der Waals surface area contributed by atoms with Crippen LogP contribution in [0.2, 0.25) is 0 Å². The average Bonchev–Trinajstić information content (AvgIpc) is 2.79. The molecule has 0 saturated carbocycles. The molecule has 3 rings (SSSR count). The first-order valence-electron chi connectivity index (χ1n) is 7.18. The molecule has 2 aromatic rings. The van der Waals surface area contributed by atoms with Crippen molar-refractivity contribution in [2.45, 2.75) is 11.3 Å². The number of benzene rings is 2. The third-order valence-electron chi connectivity index (χ3n) is 3.38. The summed E-state index contributed by atoms with van der Waals surface area (Å²) < 4.78 is 27.4. The number of nitrogens with one attached hydrogen (secondary N) is 2. The highest BCUT2D eigenvalue weighted by Gasteiger charge is 2.29. The van der Waals surface area contributed by atoms with Gasteiger partial charge in [-0.3, -0.25) is 14.5 Å². The van der Waals surface area contributed by atoms with E-state index in [2.05, 4.69) is 37.6 Å². The summed E-state index contributed by atoms with van der Waals surface area (Å²) in [7, 11) is -3.54. The lowest BCUT2D eigenvalue weighted by Gasteiger charge is -2.04. The number of sulfonamides is 1. The van der Waals surface area contributed by atoms with Crippen molar-refractivity contribution in [1.29, 1.82) is 0 Å². The van der Waals surface area contributed by atoms with Gasteiger partial charge in [0.25, 0.3) is 10.0 Å². The third-order valence-corrected chi connectivity index (χ3v) is 5.45. The first-order chi connectivity index (χ1) is 11.5. The van der Waals surface area contributed by atoms with E-state index in [0.717, 1.165) is 9.26 Å². The van der Waals surface area contributed by atoms with E-state index in [1.165, 1.54) is 6.07 Å². The summed E-state index contributed by atoms with van der Waals surface area (Å²) in [5.41, 5.74) is 1.27. The molecule has 0 fully saturated rings. The number of aliphatic imine (C=N–C) groups is 1. The minimum Gasteiger partial charge on any atom is -0.326 e. The summed E-state index contributed by atoms with van der Waals surface area (Å²) in [6.45, 7) is 0.196. The number of carbonyl (C=O) groups is 1. The molecule has 1 aliphatic heterocycles. The second kappa shape index (κ2) is 6.89. The number of fused-ring (bicyclic) bond motifs is 1. The zero-order valence-electron chi connectivity index (χ0n) is 12.5. The number of hydrogen-bond acceptors (Lipinski definition) is 4. The molecule has 0 bridgehead atoms. The second-order valence-corrected chi connectivity index (χ2v) is 8.04. The van der Waals surface area contributed by atoms with E-state index in [1.807, 2.05) is 24.3 Å². The SMILES string of the molecule is O=C(CCN=C1NS(=O)(=O)c2ccccc21)Nc1cccc(I)c1. The van der Waals surface area contributed by atoms with Crippen molar-refractivity contribution in [3.63, 3.8) is 0 Å². The summed E-state index contributed by atoms with van der Waals surface area (Å²) in [4.78, 5) is 16.4. The fourth-order valence-electron chi connectivity index (χ4n) is 2.31. The molecule has 0 radical (unpaired) electrons. The maximum Gasteiger partial charge on any atom is 0.263 e. The molecule has 1 amide bonds. The van der Waals surface area contributed by atoms with Crippen LogP contribution < -0.4 is 10.0 Å². The Morgan fingerprint density at radius 2 is 1.96 bits per heavy atom. The summed E-state index contributed by atoms with van der Waals surface area (Å²) in [5, 5.41) is 2.79. The van der Waals surface area contributed by atoms with E-state index < -0.39 is 10.0 Å². The van der Waals surface area contributed by atoms with Gasteiger partial charge >= 0.3 is 0 Å². The number of halogens is 1. The summed E-state index contributed by atoms with van der Waals surface area (Å²) >= 11 is 2.17. The summed E-state index contributed by atoms with van der Waals surface area (Å²) in [6.07, 6.45) is 0.166. The van der Waals surface area contributed by atoms with Crippen LogP contribution in [0.25, 0.3) is 0 Å². The zero-order chi connectivity index (χ0) is 17.2. The molecule has 8 heteroatoms. The Hall–Kier alpha value is -1.94. The Labute approximate surface area is 153 Å². The first-order valence-corrected chi connectivity index (χ1v) is 9.74. The van der Waals surface area contributed by atoms with Crippen molar-refractivity contribution in [2.75, 3.05) is 11.9 Å². The van der Waals surface area contributed by atoms with Crippen LogP contribution in [-0.2, 0) is 14.8 Å². The van der Waals surface area contributed by atoms with Gasteiger partial charge in [-0.15, -0.1) is 0 Å². The van der Waals surface area contributed by atoms with Crippen LogP contribution in [-0.4, -0.2) is 26.7 Å². The summed E-state index contributed by atoms with van der Waals surface area (Å²) in [5.74, 6) is 0.114. The largest absolute Gasteiger partial charge is 0.326 e. The first kappa shape index (κ1) is 16.9. The van der Waals surface area contributed by atoms with Gasteiger partial charge in [-0.25, -0.2) is 8.42 Å². The standard InChI is InChI=1S/C16H14IN3O3S/c17-11-4-3-5-12(10-11)19-15(21)8-9-18-16-13-6-1-2-7-14(13)24(22,23)20-16/h1-7,10H,8-9H2,(H,18,20)(H,19,21). The molecule has 0 aliphatic carbocycles. The van der Waals surface area contributed by atoms with Crippen molar-refractivity contribution in [3.8, 4) is 0 Å². The minimum absolute atomic E-state index is 0.166. The van der Waals surface area contributed by atoms with Crippen LogP contribution in [0.1, 0.15) is 12.0 Å². The molecular formula is C16H14IN3O3S. The van der Waals surface area contributed by atoms with Gasteiger partial charge in [-0.2, -0.15) is 0 Å². The Kier molecular flexibility index (Phi) is 4.86. The van der Waals surface area contributed by atoms with E-state index in [9.17, 15) is 13.2 Å². The molecule has 124 valence electrons. The average molecular weight is 455 g/mol. The van der Waals surface area contributed by atoms with E-state index in [0.29, 0.717) is 5.56 Å². The smallest absolute Gasteiger partial charge is 0.263 e. The maximum atomic E-state index is 12.0. The Balaban J connectivity index is 1.64. The lowest BCUT2D eigenvalue weighted by atomic mass is 10.2. The molecule has 0 spiro atoms. The van der Waals surface area contributed by atoms with E-state index in [1.54, 1.807) is 18.2 Å². The molecule has 0 atom stereocenters. The number of amides is 1. The van der Waals surface area contributed by atoms with Crippen molar-refractivity contribution < 1.29 is 13.2 Å². The Morgan fingerprint density at radius 1 is 1.17 bits per heavy atom. The van der Waals surface area contributed by atoms with Gasteiger partial charge in [0.15, 0.2) is 0 Å². The molecule has 0 saturated heterocycles. The lowest BCUT2D eigenvalue weighted by molar-refractivity contribution is -0.116. The number of hydrogen-bond donors (Lipinski definition) is 2. The number of amidine groups is 1. The minimum atomic E-state index is -3.54. The molecular weight excluding hydrogens is 441 g/mol. The second-order valence-electron chi connectivity index (χ2n) is 5.14. The topological polar surface area (TPSA) is 87.6 Å². The molecule has 6 nitrogen and oxygen atoms in total. The van der Waals surface area contributed by atoms with Gasteiger partial charge in [0.2, 0.25) is 5.91 Å². The van der Waals surface area contributed by atoms with Crippen LogP contribution in [0.15, 0.2) is 58.4 Å². The number of carbonyl (C=O) groups excluding carboxylic acids is 1. The highest BCUT2D eigenvalue weighted by Crippen LogP contribution is 2.22. The maximum absolute atomic E-state index is 12.0. The molecule has 0 aromatic heterocycles. The van der Waals surface area contributed by atoms with E-state index in [4.69, 9.17) is 0 Å². The Morgan fingerprint density at radius 3 is 2.75 bits per heavy atom. The molecule has 2 N–H and O–H groups in total. The van der Waals surface area contributed by atoms with Gasteiger partial charge in [0.05, 0.1) is 11.4 Å². The van der Waals surface area contributed by atoms with Crippen LogP contribution in [0.5, 0.6) is 0 Å². The van der Waals surface area contributed by atoms with Crippen molar-refractivity contribution >= 4 is 50.0 Å². The number of nitrogens with zero attached hydrogens (tertiary/aromatic N) is 1. The van der Waals surface area contributed by atoms with Gasteiger partial charge in [0.1, 0.15) is 5.84 Å². The molecule has 24 heavy (non-hydrogen) atoms. The quantitative estimate of drug-likeness (QED) is 0.695. The highest BCUT2D eigenvalue weighted by molar-refractivity contribution is 14.1. The highest BCUT2D eigenvalue weighted by atomic mass is 127. The molecule has 1 aliphatic rings. The predicted molar refractivity (Wildman–Crippen MR) is 101 cm³/mol. The Bertz CT molecular complexity index is 926. The fourth-order valence-corrected chi connectivity index (χ4v) is 4.10. The molecule has 2 aromatic carbocycles. The third kappa shape index (κ3) is 3.75. The van der Waals surface area contributed by atoms with E-state index >= 15 is 0 Å². The van der Waals surface area contributed by atoms with Crippen LogP contribution in [0.4, 0.5) is 5.69 Å². The van der Waals surface area contributed by atoms with Crippen molar-refractivity contribution in [3.05, 3.63) is 57.7 Å². The van der Waals surface area contributed by atoms with E-state index in [-0.39, 0.29) is 29.6 Å². The van der Waals surface area contributed by atoms with Crippen LogP contribution in [0, 0.1) is 3.57 Å². The lowest BCUT2D eigenvalue weighted by Crippen LogP contribution is -2.23. The van der Waals surface area contributed by atoms with Gasteiger partial charge in [-0.1, -0.05) is 18.2 Å². The predicted octanol–water partition coefficient (Wildman–Crippen LogP) is 2.36.